The molecule has 0 saturated heterocycles. The molecule has 0 heterocycles. The minimum atomic E-state index is -1.28. The van der Waals surface area contributed by atoms with Crippen molar-refractivity contribution in [3.63, 3.8) is 0 Å². The molecule has 4 atom stereocenters. The molecule has 4 unspecified atom stereocenters. The van der Waals surface area contributed by atoms with E-state index in [9.17, 15) is 25.2 Å². The summed E-state index contributed by atoms with van der Waals surface area (Å²) in [6.07, 6.45) is 73.2. The van der Waals surface area contributed by atoms with Gasteiger partial charge < -0.3 is 25.7 Å². The quantitative estimate of drug-likeness (QED) is 0.0308. The molecule has 0 radical (unpaired) electrons. The molecule has 0 aromatic carbocycles. The fourth-order valence-corrected chi connectivity index (χ4v) is 10.6. The molecule has 6 heteroatoms. The third kappa shape index (κ3) is 53.7. The number of aliphatic hydroxyl groups excluding tert-OH is 4. The summed E-state index contributed by atoms with van der Waals surface area (Å²) in [4.78, 5) is 12.6. The standard InChI is InChI=1S/C65H129NO5/c1-3-5-7-9-11-13-15-17-19-21-23-25-27-29-30-31-32-33-34-35-37-38-40-42-44-46-48-50-52-54-56-58-62(68)64(70)61(60-67)66-65(71)63(69)59-57-55-53-51-49-47-45-43-41-39-36-28-26-24-22-20-18-16-14-12-10-8-6-4-2/h50,52,61-64,67-70H,3-49,51,53-60H2,1-2H3,(H,66,71)/b52-50+. The minimum Gasteiger partial charge on any atom is -0.394 e. The fourth-order valence-electron chi connectivity index (χ4n) is 10.6. The molecule has 71 heavy (non-hydrogen) atoms. The van der Waals surface area contributed by atoms with Crippen molar-refractivity contribution in [3.05, 3.63) is 12.2 Å². The number of hydrogen-bond acceptors (Lipinski definition) is 5. The van der Waals surface area contributed by atoms with Gasteiger partial charge in [0.15, 0.2) is 0 Å². The summed E-state index contributed by atoms with van der Waals surface area (Å²) in [5, 5.41) is 44.1. The largest absolute Gasteiger partial charge is 0.394 e. The second kappa shape index (κ2) is 59.9. The summed E-state index contributed by atoms with van der Waals surface area (Å²) in [6.45, 7) is 4.10. The van der Waals surface area contributed by atoms with Gasteiger partial charge in [0.25, 0.3) is 0 Å². The average Bonchev–Trinajstić information content (AvgIpc) is 3.38. The molecule has 0 aromatic heterocycles. The van der Waals surface area contributed by atoms with E-state index in [4.69, 9.17) is 0 Å². The van der Waals surface area contributed by atoms with Crippen LogP contribution in [0.1, 0.15) is 367 Å². The van der Waals surface area contributed by atoms with Crippen LogP contribution in [0.5, 0.6) is 0 Å². The third-order valence-electron chi connectivity index (χ3n) is 15.7. The molecule has 6 nitrogen and oxygen atoms in total. The average molecular weight is 1000 g/mol. The van der Waals surface area contributed by atoms with Crippen molar-refractivity contribution < 1.29 is 25.2 Å². The van der Waals surface area contributed by atoms with Crippen LogP contribution in [-0.2, 0) is 4.79 Å². The molecule has 0 bridgehead atoms. The van der Waals surface area contributed by atoms with Crippen molar-refractivity contribution in [1.82, 2.24) is 5.32 Å². The SMILES string of the molecule is CCCCCCCCCCCCCCCCCCCCCCCCCCCC/C=C/CCCC(O)C(O)C(CO)NC(=O)C(O)CCCCCCCCCCCCCCCCCCCCCCCCCC. The number of unbranched alkanes of at least 4 members (excludes halogenated alkanes) is 50. The molecule has 0 aliphatic heterocycles. The van der Waals surface area contributed by atoms with Gasteiger partial charge in [-0.25, -0.2) is 0 Å². The second-order valence-corrected chi connectivity index (χ2v) is 22.8. The zero-order chi connectivity index (χ0) is 51.6. The van der Waals surface area contributed by atoms with Crippen LogP contribution in [0.2, 0.25) is 0 Å². The monoisotopic (exact) mass is 1000 g/mol. The van der Waals surface area contributed by atoms with Crippen LogP contribution in [0.25, 0.3) is 0 Å². The van der Waals surface area contributed by atoms with Crippen LogP contribution < -0.4 is 5.32 Å². The molecule has 5 N–H and O–H groups in total. The van der Waals surface area contributed by atoms with Crippen LogP contribution >= 0.6 is 0 Å². The molecule has 1 amide bonds. The maximum Gasteiger partial charge on any atom is 0.249 e. The predicted molar refractivity (Wildman–Crippen MR) is 311 cm³/mol. The Labute approximate surface area is 444 Å². The number of carbonyl (C=O) groups is 1. The van der Waals surface area contributed by atoms with E-state index in [1.807, 2.05) is 0 Å². The van der Waals surface area contributed by atoms with Gasteiger partial charge in [0.1, 0.15) is 12.2 Å². The molecular weight excluding hydrogens is 875 g/mol. The Bertz CT molecular complexity index is 1040. The molecule has 0 aliphatic rings. The Kier molecular flexibility index (Phi) is 59.1. The number of nitrogens with one attached hydrogen (secondary N) is 1. The number of hydrogen-bond donors (Lipinski definition) is 5. The molecular formula is C65H129NO5. The molecule has 424 valence electrons. The fraction of sp³-hybridized carbons (Fsp3) is 0.954. The molecule has 0 aliphatic carbocycles. The second-order valence-electron chi connectivity index (χ2n) is 22.8. The summed E-state index contributed by atoms with van der Waals surface area (Å²) in [7, 11) is 0. The van der Waals surface area contributed by atoms with Gasteiger partial charge in [0, 0.05) is 0 Å². The first-order valence-electron chi connectivity index (χ1n) is 32.6. The Hall–Kier alpha value is -0.950. The Balaban J connectivity index is 3.56. The van der Waals surface area contributed by atoms with Gasteiger partial charge >= 0.3 is 0 Å². The summed E-state index contributed by atoms with van der Waals surface area (Å²) in [5.74, 6) is -0.585. The maximum atomic E-state index is 12.6. The zero-order valence-electron chi connectivity index (χ0n) is 48.3. The van der Waals surface area contributed by atoms with Crippen LogP contribution in [-0.4, -0.2) is 57.3 Å². The normalized spacial score (nSPS) is 13.6. The lowest BCUT2D eigenvalue weighted by Gasteiger charge is -2.27. The van der Waals surface area contributed by atoms with E-state index >= 15 is 0 Å². The lowest BCUT2D eigenvalue weighted by Crippen LogP contribution is -2.53. The highest BCUT2D eigenvalue weighted by Crippen LogP contribution is 2.19. The summed E-state index contributed by atoms with van der Waals surface area (Å²) in [5.41, 5.74) is 0. The summed E-state index contributed by atoms with van der Waals surface area (Å²) in [6, 6.07) is -1.000. The van der Waals surface area contributed by atoms with Gasteiger partial charge in [-0.2, -0.15) is 0 Å². The highest BCUT2D eigenvalue weighted by molar-refractivity contribution is 5.80. The highest BCUT2D eigenvalue weighted by Gasteiger charge is 2.28. The molecule has 0 fully saturated rings. The zero-order valence-corrected chi connectivity index (χ0v) is 48.3. The van der Waals surface area contributed by atoms with Crippen molar-refractivity contribution in [3.8, 4) is 0 Å². The number of rotatable bonds is 61. The van der Waals surface area contributed by atoms with E-state index < -0.39 is 36.9 Å². The lowest BCUT2D eigenvalue weighted by molar-refractivity contribution is -0.132. The number of carbonyl (C=O) groups excluding carboxylic acids is 1. The Morgan fingerprint density at radius 2 is 0.577 bits per heavy atom. The smallest absolute Gasteiger partial charge is 0.249 e. The summed E-state index contributed by atoms with van der Waals surface area (Å²) >= 11 is 0. The number of amides is 1. The Morgan fingerprint density at radius 3 is 0.845 bits per heavy atom. The van der Waals surface area contributed by atoms with Gasteiger partial charge in [0.05, 0.1) is 18.8 Å². The van der Waals surface area contributed by atoms with Crippen molar-refractivity contribution in [1.29, 1.82) is 0 Å². The van der Waals surface area contributed by atoms with Crippen molar-refractivity contribution in [2.75, 3.05) is 6.61 Å². The van der Waals surface area contributed by atoms with E-state index in [1.165, 1.54) is 302 Å². The number of aliphatic hydroxyl groups is 4. The van der Waals surface area contributed by atoms with E-state index in [0.29, 0.717) is 12.8 Å². The van der Waals surface area contributed by atoms with Crippen LogP contribution in [0.4, 0.5) is 0 Å². The highest BCUT2D eigenvalue weighted by atomic mass is 16.3. The van der Waals surface area contributed by atoms with E-state index in [0.717, 1.165) is 38.5 Å². The van der Waals surface area contributed by atoms with Gasteiger partial charge in [0.2, 0.25) is 5.91 Å². The van der Waals surface area contributed by atoms with E-state index in [2.05, 4.69) is 31.3 Å². The molecule has 0 aromatic rings. The molecule has 0 saturated carbocycles. The molecule has 0 rings (SSSR count). The van der Waals surface area contributed by atoms with Crippen molar-refractivity contribution in [2.45, 2.75) is 391 Å². The lowest BCUT2D eigenvalue weighted by atomic mass is 10.00. The summed E-state index contributed by atoms with van der Waals surface area (Å²) < 4.78 is 0. The van der Waals surface area contributed by atoms with Crippen LogP contribution in [0.3, 0.4) is 0 Å². The topological polar surface area (TPSA) is 110 Å². The van der Waals surface area contributed by atoms with Crippen LogP contribution in [0, 0.1) is 0 Å². The van der Waals surface area contributed by atoms with Crippen molar-refractivity contribution in [2.24, 2.45) is 0 Å². The van der Waals surface area contributed by atoms with Gasteiger partial charge in [-0.1, -0.05) is 341 Å². The van der Waals surface area contributed by atoms with Crippen LogP contribution in [0.15, 0.2) is 12.2 Å². The third-order valence-corrected chi connectivity index (χ3v) is 15.7. The van der Waals surface area contributed by atoms with E-state index in [1.54, 1.807) is 0 Å². The first-order chi connectivity index (χ1) is 35.0. The Morgan fingerprint density at radius 1 is 0.338 bits per heavy atom. The minimum absolute atomic E-state index is 0.369. The maximum absolute atomic E-state index is 12.6. The van der Waals surface area contributed by atoms with Crippen molar-refractivity contribution >= 4 is 5.91 Å². The first-order valence-corrected chi connectivity index (χ1v) is 32.6. The number of allylic oxidation sites excluding steroid dienone is 2. The van der Waals surface area contributed by atoms with Gasteiger partial charge in [-0.15, -0.1) is 0 Å². The molecule has 0 spiro atoms. The first kappa shape index (κ1) is 70.1. The van der Waals surface area contributed by atoms with Gasteiger partial charge in [-0.3, -0.25) is 4.79 Å². The van der Waals surface area contributed by atoms with Gasteiger partial charge in [-0.05, 0) is 38.5 Å². The van der Waals surface area contributed by atoms with E-state index in [-0.39, 0.29) is 0 Å². The predicted octanol–water partition coefficient (Wildman–Crippen LogP) is 19.6.